The van der Waals surface area contributed by atoms with Gasteiger partial charge < -0.3 is 15.6 Å². The third kappa shape index (κ3) is 6.72. The van der Waals surface area contributed by atoms with Crippen molar-refractivity contribution < 1.29 is 9.90 Å². The van der Waals surface area contributed by atoms with Crippen LogP contribution in [0, 0.1) is 5.92 Å². The Hall–Kier alpha value is -0.410. The van der Waals surface area contributed by atoms with Crippen LogP contribution < -0.4 is 5.73 Å². The Labute approximate surface area is 80.3 Å². The quantitative estimate of drug-likeness (QED) is 0.636. The molecule has 0 spiro atoms. The Balaban J connectivity index is 0.000000310. The Morgan fingerprint density at radius 2 is 2.15 bits per heavy atom. The van der Waals surface area contributed by atoms with Crippen molar-refractivity contribution in [3.8, 4) is 0 Å². The highest BCUT2D eigenvalue weighted by Gasteiger charge is 2.17. The second kappa shape index (κ2) is 8.20. The minimum atomic E-state index is 0.0173. The van der Waals surface area contributed by atoms with Crippen LogP contribution in [0.15, 0.2) is 0 Å². The zero-order valence-corrected chi connectivity index (χ0v) is 8.41. The molecule has 1 fully saturated rings. The molecule has 0 aromatic rings. The van der Waals surface area contributed by atoms with E-state index in [9.17, 15) is 5.11 Å². The predicted octanol–water partition coefficient (Wildman–Crippen LogP) is 1.09. The molecule has 0 bridgehead atoms. The SMILES string of the molecule is CCC1CCCC(O)C1.NCC=O. The number of aliphatic hydroxyl groups is 1. The van der Waals surface area contributed by atoms with Crippen LogP contribution in [0.4, 0.5) is 0 Å². The van der Waals surface area contributed by atoms with Crippen molar-refractivity contribution >= 4 is 6.29 Å². The van der Waals surface area contributed by atoms with E-state index in [1.54, 1.807) is 0 Å². The highest BCUT2D eigenvalue weighted by molar-refractivity contribution is 5.51. The number of nitrogens with two attached hydrogens (primary N) is 1. The standard InChI is InChI=1S/C8H16O.C2H5NO/c1-2-7-4-3-5-8(9)6-7;3-1-2-4/h7-9H,2-6H2,1H3;2H,1,3H2. The third-order valence-corrected chi connectivity index (χ3v) is 2.43. The predicted molar refractivity (Wildman–Crippen MR) is 53.4 cm³/mol. The number of rotatable bonds is 2. The lowest BCUT2D eigenvalue weighted by Crippen LogP contribution is -2.18. The number of aliphatic hydroxyl groups excluding tert-OH is 1. The van der Waals surface area contributed by atoms with E-state index < -0.39 is 0 Å². The van der Waals surface area contributed by atoms with Gasteiger partial charge in [-0.3, -0.25) is 0 Å². The first kappa shape index (κ1) is 12.6. The maximum atomic E-state index is 9.21. The summed E-state index contributed by atoms with van der Waals surface area (Å²) in [5.74, 6) is 0.814. The Morgan fingerprint density at radius 3 is 2.46 bits per heavy atom. The average Bonchev–Trinajstić information content (AvgIpc) is 2.18. The zero-order chi connectivity index (χ0) is 10.1. The van der Waals surface area contributed by atoms with Gasteiger partial charge in [-0.1, -0.05) is 26.2 Å². The maximum Gasteiger partial charge on any atom is 0.133 e. The number of carbonyl (C=O) groups excluding carboxylic acids is 1. The van der Waals surface area contributed by atoms with E-state index in [0.29, 0.717) is 6.29 Å². The van der Waals surface area contributed by atoms with Crippen molar-refractivity contribution in [3.05, 3.63) is 0 Å². The molecule has 0 radical (unpaired) electrons. The molecule has 2 atom stereocenters. The lowest BCUT2D eigenvalue weighted by Gasteiger charge is -2.24. The van der Waals surface area contributed by atoms with Crippen LogP contribution in [0.1, 0.15) is 39.0 Å². The van der Waals surface area contributed by atoms with Gasteiger partial charge in [-0.25, -0.2) is 0 Å². The highest BCUT2D eigenvalue weighted by atomic mass is 16.3. The molecule has 3 N–H and O–H groups in total. The van der Waals surface area contributed by atoms with E-state index >= 15 is 0 Å². The summed E-state index contributed by atoms with van der Waals surface area (Å²) in [5.41, 5.74) is 4.66. The number of aldehydes is 1. The summed E-state index contributed by atoms with van der Waals surface area (Å²) >= 11 is 0. The molecule has 1 aliphatic rings. The van der Waals surface area contributed by atoms with Gasteiger partial charge >= 0.3 is 0 Å². The third-order valence-electron chi connectivity index (χ3n) is 2.43. The molecule has 1 rings (SSSR count). The molecule has 0 amide bonds. The van der Waals surface area contributed by atoms with Gasteiger partial charge in [-0.05, 0) is 18.8 Å². The second-order valence-corrected chi connectivity index (χ2v) is 3.50. The van der Waals surface area contributed by atoms with E-state index in [0.717, 1.165) is 18.8 Å². The number of carbonyl (C=O) groups is 1. The van der Waals surface area contributed by atoms with Gasteiger partial charge in [-0.15, -0.1) is 0 Å². The number of hydrogen-bond acceptors (Lipinski definition) is 3. The fourth-order valence-corrected chi connectivity index (χ4v) is 1.63. The maximum absolute atomic E-state index is 9.21. The Morgan fingerprint density at radius 1 is 1.54 bits per heavy atom. The summed E-state index contributed by atoms with van der Waals surface area (Å²) in [7, 11) is 0. The highest BCUT2D eigenvalue weighted by Crippen LogP contribution is 2.25. The Kier molecular flexibility index (Phi) is 7.94. The largest absolute Gasteiger partial charge is 0.393 e. The summed E-state index contributed by atoms with van der Waals surface area (Å²) in [6.45, 7) is 2.35. The molecule has 1 saturated carbocycles. The summed E-state index contributed by atoms with van der Waals surface area (Å²) < 4.78 is 0. The van der Waals surface area contributed by atoms with Gasteiger partial charge in [0.2, 0.25) is 0 Å². The van der Waals surface area contributed by atoms with Gasteiger partial charge in [0.15, 0.2) is 0 Å². The molecule has 13 heavy (non-hydrogen) atoms. The van der Waals surface area contributed by atoms with Gasteiger partial charge in [-0.2, -0.15) is 0 Å². The van der Waals surface area contributed by atoms with E-state index in [1.165, 1.54) is 19.3 Å². The van der Waals surface area contributed by atoms with Crippen molar-refractivity contribution in [1.82, 2.24) is 0 Å². The monoisotopic (exact) mass is 187 g/mol. The summed E-state index contributed by atoms with van der Waals surface area (Å²) in [4.78, 5) is 9.05. The molecule has 3 heteroatoms. The molecule has 0 saturated heterocycles. The van der Waals surface area contributed by atoms with Crippen molar-refractivity contribution in [1.29, 1.82) is 0 Å². The van der Waals surface area contributed by atoms with Crippen LogP contribution in [-0.4, -0.2) is 24.0 Å². The van der Waals surface area contributed by atoms with Crippen LogP contribution >= 0.6 is 0 Å². The summed E-state index contributed by atoms with van der Waals surface area (Å²) in [5, 5.41) is 9.21. The molecular formula is C10H21NO2. The summed E-state index contributed by atoms with van der Waals surface area (Å²) in [6.07, 6.45) is 6.58. The van der Waals surface area contributed by atoms with Crippen molar-refractivity contribution in [2.45, 2.75) is 45.1 Å². The lowest BCUT2D eigenvalue weighted by atomic mass is 9.86. The minimum absolute atomic E-state index is 0.0173. The lowest BCUT2D eigenvalue weighted by molar-refractivity contribution is -0.106. The van der Waals surface area contributed by atoms with Crippen LogP contribution in [0.3, 0.4) is 0 Å². The molecule has 0 heterocycles. The topological polar surface area (TPSA) is 63.3 Å². The van der Waals surface area contributed by atoms with Gasteiger partial charge in [0, 0.05) is 6.54 Å². The van der Waals surface area contributed by atoms with E-state index in [4.69, 9.17) is 4.79 Å². The van der Waals surface area contributed by atoms with E-state index in [2.05, 4.69) is 12.7 Å². The molecule has 3 nitrogen and oxygen atoms in total. The fraction of sp³-hybridized carbons (Fsp3) is 0.900. The molecule has 0 aromatic carbocycles. The smallest absolute Gasteiger partial charge is 0.133 e. The molecule has 0 aromatic heterocycles. The Bertz CT molecular complexity index is 128. The van der Waals surface area contributed by atoms with Crippen LogP contribution in [0.2, 0.25) is 0 Å². The zero-order valence-electron chi connectivity index (χ0n) is 8.41. The molecular weight excluding hydrogens is 166 g/mol. The normalized spacial score (nSPS) is 27.3. The molecule has 78 valence electrons. The van der Waals surface area contributed by atoms with E-state index in [1.807, 2.05) is 0 Å². The minimum Gasteiger partial charge on any atom is -0.393 e. The first-order valence-corrected chi connectivity index (χ1v) is 5.06. The van der Waals surface area contributed by atoms with Gasteiger partial charge in [0.05, 0.1) is 6.10 Å². The second-order valence-electron chi connectivity index (χ2n) is 3.50. The van der Waals surface area contributed by atoms with Crippen molar-refractivity contribution in [3.63, 3.8) is 0 Å². The summed E-state index contributed by atoms with van der Waals surface area (Å²) in [6, 6.07) is 0. The average molecular weight is 187 g/mol. The van der Waals surface area contributed by atoms with Gasteiger partial charge in [0.25, 0.3) is 0 Å². The van der Waals surface area contributed by atoms with Gasteiger partial charge in [0.1, 0.15) is 6.29 Å². The molecule has 2 unspecified atom stereocenters. The first-order chi connectivity index (χ1) is 6.24. The molecule has 1 aliphatic carbocycles. The van der Waals surface area contributed by atoms with E-state index in [-0.39, 0.29) is 12.6 Å². The van der Waals surface area contributed by atoms with Crippen LogP contribution in [0.5, 0.6) is 0 Å². The number of hydrogen-bond donors (Lipinski definition) is 2. The van der Waals surface area contributed by atoms with Crippen molar-refractivity contribution in [2.75, 3.05) is 6.54 Å². The molecule has 0 aliphatic heterocycles. The first-order valence-electron chi connectivity index (χ1n) is 5.06. The van der Waals surface area contributed by atoms with Crippen LogP contribution in [-0.2, 0) is 4.79 Å². The van der Waals surface area contributed by atoms with Crippen LogP contribution in [0.25, 0.3) is 0 Å². The van der Waals surface area contributed by atoms with Crippen molar-refractivity contribution in [2.24, 2.45) is 11.7 Å². The fourth-order valence-electron chi connectivity index (χ4n) is 1.63.